The lowest BCUT2D eigenvalue weighted by atomic mass is 9.92. The smallest absolute Gasteiger partial charge is 0.244 e. The van der Waals surface area contributed by atoms with Crippen molar-refractivity contribution in [3.05, 3.63) is 0 Å². The van der Waals surface area contributed by atoms with E-state index < -0.39 is 11.5 Å². The van der Waals surface area contributed by atoms with Gasteiger partial charge in [-0.25, -0.2) is 0 Å². The summed E-state index contributed by atoms with van der Waals surface area (Å²) in [6.45, 7) is 9.97. The molecule has 0 aliphatic heterocycles. The number of rotatable bonds is 6. The number of nitrogens with two attached hydrogens (primary N) is 1. The van der Waals surface area contributed by atoms with Crippen LogP contribution in [0.15, 0.2) is 0 Å². The molecular formula is C12H23N3O2S. The lowest BCUT2D eigenvalue weighted by Gasteiger charge is -2.27. The molecule has 0 aliphatic rings. The first-order valence-electron chi connectivity index (χ1n) is 6.08. The van der Waals surface area contributed by atoms with Crippen LogP contribution in [0.25, 0.3) is 0 Å². The summed E-state index contributed by atoms with van der Waals surface area (Å²) in [6, 6.07) is -0.578. The van der Waals surface area contributed by atoms with E-state index in [0.29, 0.717) is 13.1 Å². The number of carbonyl (C=O) groups excluding carboxylic acids is 2. The van der Waals surface area contributed by atoms with Crippen LogP contribution >= 0.6 is 12.2 Å². The lowest BCUT2D eigenvalue weighted by Crippen LogP contribution is -2.52. The van der Waals surface area contributed by atoms with Crippen LogP contribution in [0.4, 0.5) is 0 Å². The Kier molecular flexibility index (Phi) is 6.25. The SMILES string of the molecule is CCN(CC)C(=O)C(C)NC(=O)C(C)(C)C(N)=S. The molecule has 6 heteroatoms. The van der Waals surface area contributed by atoms with Gasteiger partial charge in [0.25, 0.3) is 0 Å². The minimum atomic E-state index is -0.951. The summed E-state index contributed by atoms with van der Waals surface area (Å²) in [5.74, 6) is -0.435. The van der Waals surface area contributed by atoms with Gasteiger partial charge in [-0.05, 0) is 34.6 Å². The van der Waals surface area contributed by atoms with Crippen LogP contribution in [0.2, 0.25) is 0 Å². The first-order chi connectivity index (χ1) is 8.18. The average molecular weight is 273 g/mol. The van der Waals surface area contributed by atoms with Crippen molar-refractivity contribution in [3.8, 4) is 0 Å². The zero-order chi connectivity index (χ0) is 14.5. The van der Waals surface area contributed by atoms with Crippen molar-refractivity contribution in [1.82, 2.24) is 10.2 Å². The number of hydrogen-bond donors (Lipinski definition) is 2. The maximum absolute atomic E-state index is 12.0. The number of nitrogens with zero attached hydrogens (tertiary/aromatic N) is 1. The lowest BCUT2D eigenvalue weighted by molar-refractivity contribution is -0.137. The van der Waals surface area contributed by atoms with Crippen LogP contribution in [0, 0.1) is 5.41 Å². The van der Waals surface area contributed by atoms with Crippen molar-refractivity contribution in [3.63, 3.8) is 0 Å². The number of hydrogen-bond acceptors (Lipinski definition) is 3. The predicted octanol–water partition coefficient (Wildman–Crippen LogP) is 0.672. The zero-order valence-corrected chi connectivity index (χ0v) is 12.6. The largest absolute Gasteiger partial charge is 0.392 e. The Bertz CT molecular complexity index is 338. The molecule has 0 saturated carbocycles. The molecule has 0 aliphatic carbocycles. The van der Waals surface area contributed by atoms with E-state index in [9.17, 15) is 9.59 Å². The number of nitrogens with one attached hydrogen (secondary N) is 1. The quantitative estimate of drug-likeness (QED) is 0.698. The number of amides is 2. The van der Waals surface area contributed by atoms with E-state index >= 15 is 0 Å². The number of thiocarbonyl (C=S) groups is 1. The molecule has 5 nitrogen and oxygen atoms in total. The van der Waals surface area contributed by atoms with Gasteiger partial charge in [-0.1, -0.05) is 12.2 Å². The van der Waals surface area contributed by atoms with Gasteiger partial charge in [-0.3, -0.25) is 9.59 Å². The van der Waals surface area contributed by atoms with E-state index in [2.05, 4.69) is 5.32 Å². The highest BCUT2D eigenvalue weighted by molar-refractivity contribution is 7.80. The molecule has 0 radical (unpaired) electrons. The maximum atomic E-state index is 12.0. The Balaban J connectivity index is 4.67. The second-order valence-corrected chi connectivity index (χ2v) is 5.13. The van der Waals surface area contributed by atoms with Crippen molar-refractivity contribution >= 4 is 29.0 Å². The number of likely N-dealkylation sites (N-methyl/N-ethyl adjacent to an activating group) is 1. The third kappa shape index (κ3) is 3.94. The van der Waals surface area contributed by atoms with E-state index in [-0.39, 0.29) is 16.8 Å². The molecule has 1 unspecified atom stereocenters. The first-order valence-corrected chi connectivity index (χ1v) is 6.48. The normalized spacial score (nSPS) is 12.7. The van der Waals surface area contributed by atoms with Gasteiger partial charge in [-0.15, -0.1) is 0 Å². The molecule has 1 atom stereocenters. The molecule has 0 fully saturated rings. The van der Waals surface area contributed by atoms with Gasteiger partial charge in [0.2, 0.25) is 11.8 Å². The summed E-state index contributed by atoms with van der Waals surface area (Å²) in [5.41, 5.74) is 4.56. The third-order valence-electron chi connectivity index (χ3n) is 2.98. The molecule has 104 valence electrons. The Morgan fingerprint density at radius 2 is 1.78 bits per heavy atom. The summed E-state index contributed by atoms with van der Waals surface area (Å²) in [7, 11) is 0. The fourth-order valence-electron chi connectivity index (χ4n) is 1.36. The van der Waals surface area contributed by atoms with Gasteiger partial charge >= 0.3 is 0 Å². The fraction of sp³-hybridized carbons (Fsp3) is 0.750. The molecule has 0 aromatic rings. The Morgan fingerprint density at radius 1 is 1.33 bits per heavy atom. The summed E-state index contributed by atoms with van der Waals surface area (Å²) in [6.07, 6.45) is 0. The molecule has 0 rings (SSSR count). The maximum Gasteiger partial charge on any atom is 0.244 e. The van der Waals surface area contributed by atoms with Gasteiger partial charge in [0.15, 0.2) is 0 Å². The second-order valence-electron chi connectivity index (χ2n) is 4.69. The van der Waals surface area contributed by atoms with Crippen molar-refractivity contribution in [2.75, 3.05) is 13.1 Å². The molecule has 0 spiro atoms. The summed E-state index contributed by atoms with van der Waals surface area (Å²) < 4.78 is 0. The molecular weight excluding hydrogens is 250 g/mol. The molecule has 18 heavy (non-hydrogen) atoms. The topological polar surface area (TPSA) is 75.4 Å². The van der Waals surface area contributed by atoms with E-state index in [1.54, 1.807) is 25.7 Å². The fourth-order valence-corrected chi connectivity index (χ4v) is 1.45. The standard InChI is InChI=1S/C12H23N3O2S/c1-6-15(7-2)9(16)8(3)14-11(17)12(4,5)10(13)18/h8H,6-7H2,1-5H3,(H2,13,18)(H,14,17). The van der Waals surface area contributed by atoms with Gasteiger partial charge in [0.05, 0.1) is 10.4 Å². The van der Waals surface area contributed by atoms with Crippen molar-refractivity contribution in [2.24, 2.45) is 11.1 Å². The van der Waals surface area contributed by atoms with Crippen molar-refractivity contribution < 1.29 is 9.59 Å². The summed E-state index contributed by atoms with van der Waals surface area (Å²) in [4.78, 5) is 25.7. The molecule has 2 amide bonds. The molecule has 0 aromatic carbocycles. The zero-order valence-electron chi connectivity index (χ0n) is 11.7. The van der Waals surface area contributed by atoms with Gasteiger partial charge in [0.1, 0.15) is 6.04 Å². The molecule has 3 N–H and O–H groups in total. The van der Waals surface area contributed by atoms with Gasteiger partial charge in [-0.2, -0.15) is 0 Å². The Morgan fingerprint density at radius 3 is 2.11 bits per heavy atom. The first kappa shape index (κ1) is 16.8. The third-order valence-corrected chi connectivity index (χ3v) is 3.49. The Hall–Kier alpha value is -1.17. The highest BCUT2D eigenvalue weighted by Gasteiger charge is 2.33. The minimum Gasteiger partial charge on any atom is -0.392 e. The highest BCUT2D eigenvalue weighted by atomic mass is 32.1. The van der Waals surface area contributed by atoms with E-state index in [1.807, 2.05) is 13.8 Å². The van der Waals surface area contributed by atoms with Crippen LogP contribution in [-0.4, -0.2) is 40.8 Å². The van der Waals surface area contributed by atoms with Crippen molar-refractivity contribution in [2.45, 2.75) is 40.7 Å². The predicted molar refractivity (Wildman–Crippen MR) is 76.1 cm³/mol. The monoisotopic (exact) mass is 273 g/mol. The van der Waals surface area contributed by atoms with E-state index in [1.165, 1.54) is 0 Å². The van der Waals surface area contributed by atoms with E-state index in [0.717, 1.165) is 0 Å². The van der Waals surface area contributed by atoms with E-state index in [4.69, 9.17) is 18.0 Å². The molecule has 0 heterocycles. The average Bonchev–Trinajstić information content (AvgIpc) is 2.29. The Labute approximate surface area is 114 Å². The van der Waals surface area contributed by atoms with Crippen LogP contribution in [0.5, 0.6) is 0 Å². The van der Waals surface area contributed by atoms with Crippen LogP contribution < -0.4 is 11.1 Å². The second kappa shape index (κ2) is 6.68. The van der Waals surface area contributed by atoms with Crippen LogP contribution in [0.3, 0.4) is 0 Å². The number of carbonyl (C=O) groups is 2. The summed E-state index contributed by atoms with van der Waals surface area (Å²) in [5, 5.41) is 2.65. The molecule has 0 aromatic heterocycles. The van der Waals surface area contributed by atoms with Crippen LogP contribution in [-0.2, 0) is 9.59 Å². The molecule has 0 bridgehead atoms. The van der Waals surface area contributed by atoms with Gasteiger partial charge < -0.3 is 16.0 Å². The molecule has 0 saturated heterocycles. The van der Waals surface area contributed by atoms with Crippen molar-refractivity contribution in [1.29, 1.82) is 0 Å². The van der Waals surface area contributed by atoms with Crippen LogP contribution in [0.1, 0.15) is 34.6 Å². The minimum absolute atomic E-state index is 0.105. The van der Waals surface area contributed by atoms with Gasteiger partial charge in [0, 0.05) is 13.1 Å². The summed E-state index contributed by atoms with van der Waals surface area (Å²) >= 11 is 4.85. The highest BCUT2D eigenvalue weighted by Crippen LogP contribution is 2.15.